The monoisotopic (exact) mass is 705 g/mol. The maximum Gasteiger partial charge on any atom is 0.109 e. The molecule has 0 radical (unpaired) electrons. The first-order chi connectivity index (χ1) is 26.8. The second kappa shape index (κ2) is 11.3. The molecule has 0 aliphatic rings. The third-order valence-corrected chi connectivity index (χ3v) is 12.4. The second-order valence-corrected chi connectivity index (χ2v) is 15.2. The van der Waals surface area contributed by atoms with E-state index >= 15 is 0 Å². The Labute approximate surface area is 314 Å². The van der Waals surface area contributed by atoms with E-state index in [1.54, 1.807) is 0 Å². The van der Waals surface area contributed by atoms with Gasteiger partial charge in [-0.3, -0.25) is 0 Å². The van der Waals surface area contributed by atoms with E-state index in [0.29, 0.717) is 0 Å². The van der Waals surface area contributed by atoms with E-state index in [2.05, 4.69) is 202 Å². The molecule has 12 aromatic rings. The molecule has 0 spiro atoms. The summed E-state index contributed by atoms with van der Waals surface area (Å²) in [5.41, 5.74) is 12.0. The first-order valence-electron chi connectivity index (χ1n) is 18.4. The Kier molecular flexibility index (Phi) is 6.21. The minimum absolute atomic E-state index is 1.15. The largest absolute Gasteiger partial charge is 0.309 e. The fraction of sp³-hybridized carbons (Fsp3) is 0. The Balaban J connectivity index is 0.999. The van der Waals surface area contributed by atoms with E-state index < -0.39 is 0 Å². The van der Waals surface area contributed by atoms with Crippen LogP contribution in [-0.4, -0.2) is 13.7 Å². The lowest BCUT2D eigenvalue weighted by Gasteiger charge is -2.11. The van der Waals surface area contributed by atoms with Gasteiger partial charge in [0, 0.05) is 59.5 Å². The molecule has 0 N–H and O–H groups in total. The first-order valence-corrected chi connectivity index (χ1v) is 19.3. The molecule has 8 aromatic carbocycles. The number of fused-ring (bicyclic) bond motifs is 11. The molecule has 0 unspecified atom stereocenters. The second-order valence-electron chi connectivity index (χ2n) is 14.2. The van der Waals surface area contributed by atoms with Crippen molar-refractivity contribution in [2.45, 2.75) is 0 Å². The standard InChI is InChI=1S/C50H31N3S/c1-2-12-34(13-3-1)53-47-30-33(24-28-40(47)49-41-17-7-11-21-48(41)54-50(49)53)32-22-25-35(26-23-32)51-45-20-10-6-16-39(45)42-31-36(27-29-46(42)51)52-43-18-8-4-14-37(43)38-15-5-9-19-44(38)52/h1-31H. The van der Waals surface area contributed by atoms with E-state index in [0.717, 1.165) is 5.69 Å². The van der Waals surface area contributed by atoms with Gasteiger partial charge in [0.15, 0.2) is 0 Å². The molecule has 3 nitrogen and oxygen atoms in total. The molecule has 0 fully saturated rings. The summed E-state index contributed by atoms with van der Waals surface area (Å²) in [5.74, 6) is 0. The number of hydrogen-bond acceptors (Lipinski definition) is 1. The van der Waals surface area contributed by atoms with Crippen molar-refractivity contribution in [1.29, 1.82) is 0 Å². The van der Waals surface area contributed by atoms with Gasteiger partial charge in [-0.1, -0.05) is 115 Å². The van der Waals surface area contributed by atoms with Crippen LogP contribution in [0.25, 0.3) is 103 Å². The molecular weight excluding hydrogens is 675 g/mol. The van der Waals surface area contributed by atoms with Crippen molar-refractivity contribution in [2.24, 2.45) is 0 Å². The number of hydrogen-bond donors (Lipinski definition) is 0. The SMILES string of the molecule is c1ccc(-n2c3cc(-c4ccc(-n5c6ccccc6c6cc(-n7c8ccccc8c8ccccc87)ccc65)cc4)ccc3c3c4ccccc4sc32)cc1. The maximum atomic E-state index is 2.44. The van der Waals surface area contributed by atoms with Gasteiger partial charge in [-0.15, -0.1) is 11.3 Å². The van der Waals surface area contributed by atoms with Gasteiger partial charge in [-0.2, -0.15) is 0 Å². The highest BCUT2D eigenvalue weighted by Crippen LogP contribution is 2.44. The minimum Gasteiger partial charge on any atom is -0.309 e. The zero-order chi connectivity index (χ0) is 35.3. The average molecular weight is 706 g/mol. The van der Waals surface area contributed by atoms with Crippen LogP contribution >= 0.6 is 11.3 Å². The quantitative estimate of drug-likeness (QED) is 0.173. The third-order valence-electron chi connectivity index (χ3n) is 11.3. The lowest BCUT2D eigenvalue weighted by atomic mass is 10.0. The molecule has 0 aliphatic carbocycles. The fourth-order valence-electron chi connectivity index (χ4n) is 8.88. The van der Waals surface area contributed by atoms with Gasteiger partial charge < -0.3 is 13.7 Å². The van der Waals surface area contributed by atoms with Gasteiger partial charge in [-0.05, 0) is 83.9 Å². The average Bonchev–Trinajstić information content (AvgIpc) is 3.96. The van der Waals surface area contributed by atoms with Crippen LogP contribution in [0.2, 0.25) is 0 Å². The summed E-state index contributed by atoms with van der Waals surface area (Å²) >= 11 is 1.87. The van der Waals surface area contributed by atoms with Gasteiger partial charge in [0.05, 0.1) is 27.6 Å². The smallest absolute Gasteiger partial charge is 0.109 e. The molecule has 0 saturated heterocycles. The van der Waals surface area contributed by atoms with Crippen molar-refractivity contribution in [1.82, 2.24) is 13.7 Å². The third kappa shape index (κ3) is 4.17. The van der Waals surface area contributed by atoms with Crippen LogP contribution in [0, 0.1) is 0 Å². The van der Waals surface area contributed by atoms with Crippen molar-refractivity contribution in [2.75, 3.05) is 0 Å². The Hall–Kier alpha value is -6.88. The van der Waals surface area contributed by atoms with Crippen molar-refractivity contribution in [3.63, 3.8) is 0 Å². The van der Waals surface area contributed by atoms with Crippen LogP contribution in [0.5, 0.6) is 0 Å². The molecule has 54 heavy (non-hydrogen) atoms. The molecule has 12 rings (SSSR count). The summed E-state index contributed by atoms with van der Waals surface area (Å²) in [6.45, 7) is 0. The minimum atomic E-state index is 1.15. The maximum absolute atomic E-state index is 2.44. The van der Waals surface area contributed by atoms with E-state index in [-0.39, 0.29) is 0 Å². The number of para-hydroxylation sites is 4. The number of thiophene rings is 1. The molecule has 252 valence electrons. The van der Waals surface area contributed by atoms with E-state index in [1.165, 1.54) is 97.3 Å². The van der Waals surface area contributed by atoms with Gasteiger partial charge in [-0.25, -0.2) is 0 Å². The van der Waals surface area contributed by atoms with E-state index in [9.17, 15) is 0 Å². The summed E-state index contributed by atoms with van der Waals surface area (Å²) in [7, 11) is 0. The highest BCUT2D eigenvalue weighted by molar-refractivity contribution is 7.25. The van der Waals surface area contributed by atoms with Gasteiger partial charge in [0.25, 0.3) is 0 Å². The van der Waals surface area contributed by atoms with Crippen molar-refractivity contribution < 1.29 is 0 Å². The zero-order valence-electron chi connectivity index (χ0n) is 29.1. The summed E-state index contributed by atoms with van der Waals surface area (Å²) in [4.78, 5) is 1.29. The fourth-order valence-corrected chi connectivity index (χ4v) is 10.1. The summed E-state index contributed by atoms with van der Waals surface area (Å²) in [5, 5.41) is 8.99. The predicted octanol–water partition coefficient (Wildman–Crippen LogP) is 13.9. The van der Waals surface area contributed by atoms with E-state index in [4.69, 9.17) is 0 Å². The number of benzene rings is 8. The van der Waals surface area contributed by atoms with Crippen LogP contribution in [-0.2, 0) is 0 Å². The first kappa shape index (κ1) is 29.7. The Morgan fingerprint density at radius 3 is 1.52 bits per heavy atom. The molecule has 4 heteroatoms. The molecule has 0 aliphatic heterocycles. The molecule has 0 amide bonds. The van der Waals surface area contributed by atoms with Crippen LogP contribution in [0.1, 0.15) is 0 Å². The molecule has 4 heterocycles. The molecular formula is C50H31N3S. The summed E-state index contributed by atoms with van der Waals surface area (Å²) in [6, 6.07) is 68.8. The zero-order valence-corrected chi connectivity index (χ0v) is 30.0. The van der Waals surface area contributed by atoms with Gasteiger partial charge in [0.2, 0.25) is 0 Å². The Bertz CT molecular complexity index is 3380. The Morgan fingerprint density at radius 1 is 0.296 bits per heavy atom. The number of rotatable bonds is 4. The van der Waals surface area contributed by atoms with Crippen LogP contribution in [0.4, 0.5) is 0 Å². The Morgan fingerprint density at radius 2 is 0.815 bits per heavy atom. The summed E-state index contributed by atoms with van der Waals surface area (Å²) in [6.07, 6.45) is 0. The molecule has 0 saturated carbocycles. The lowest BCUT2D eigenvalue weighted by Crippen LogP contribution is -1.96. The van der Waals surface area contributed by atoms with Crippen LogP contribution < -0.4 is 0 Å². The van der Waals surface area contributed by atoms with Crippen molar-refractivity contribution in [3.8, 4) is 28.2 Å². The molecule has 0 atom stereocenters. The molecule has 0 bridgehead atoms. The molecule has 4 aromatic heterocycles. The van der Waals surface area contributed by atoms with Gasteiger partial charge >= 0.3 is 0 Å². The predicted molar refractivity (Wildman–Crippen MR) is 230 cm³/mol. The lowest BCUT2D eigenvalue weighted by molar-refractivity contribution is 1.17. The highest BCUT2D eigenvalue weighted by atomic mass is 32.1. The van der Waals surface area contributed by atoms with E-state index in [1.807, 2.05) is 11.3 Å². The van der Waals surface area contributed by atoms with Gasteiger partial charge in [0.1, 0.15) is 4.83 Å². The van der Waals surface area contributed by atoms with Crippen LogP contribution in [0.3, 0.4) is 0 Å². The highest BCUT2D eigenvalue weighted by Gasteiger charge is 2.19. The van der Waals surface area contributed by atoms with Crippen molar-refractivity contribution >= 4 is 86.2 Å². The van der Waals surface area contributed by atoms with Crippen LogP contribution in [0.15, 0.2) is 188 Å². The van der Waals surface area contributed by atoms with Crippen molar-refractivity contribution in [3.05, 3.63) is 188 Å². The number of nitrogens with zero attached hydrogens (tertiary/aromatic N) is 3. The normalized spacial score (nSPS) is 12.1. The number of aromatic nitrogens is 3. The summed E-state index contributed by atoms with van der Waals surface area (Å²) < 4.78 is 8.58. The topological polar surface area (TPSA) is 14.8 Å².